The zero-order chi connectivity index (χ0) is 12.8. The van der Waals surface area contributed by atoms with Gasteiger partial charge in [0.15, 0.2) is 0 Å². The van der Waals surface area contributed by atoms with Crippen LogP contribution in [-0.2, 0) is 0 Å². The summed E-state index contributed by atoms with van der Waals surface area (Å²) in [6, 6.07) is 3.19. The molecule has 1 aromatic carbocycles. The van der Waals surface area contributed by atoms with Gasteiger partial charge in [0, 0.05) is 5.56 Å². The summed E-state index contributed by atoms with van der Waals surface area (Å²) in [5.74, 6) is 0.836. The molecule has 5 heteroatoms. The molecule has 1 aromatic rings. The molecule has 5 nitrogen and oxygen atoms in total. The third-order valence-corrected chi connectivity index (χ3v) is 2.25. The van der Waals surface area contributed by atoms with Gasteiger partial charge in [-0.3, -0.25) is 0 Å². The number of carbonyl (C=O) groups is 1. The topological polar surface area (TPSA) is 76.7 Å². The fourth-order valence-electron chi connectivity index (χ4n) is 1.55. The number of nitrogens with two attached hydrogens (primary N) is 1. The Hall–Kier alpha value is -2.04. The highest BCUT2D eigenvalue weighted by molar-refractivity contribution is 5.85. The fraction of sp³-hybridized carbons (Fsp3) is 0.333. The molecular weight excluding hydrogens is 218 g/mol. The summed E-state index contributed by atoms with van der Waals surface area (Å²) in [6.45, 7) is 6.49. The SMILES string of the molecule is CCOc1cc(C)c(C=NNC(N)=O)c(C)c1. The molecule has 2 amide bonds. The van der Waals surface area contributed by atoms with E-state index in [4.69, 9.17) is 10.5 Å². The predicted octanol–water partition coefficient (Wildman–Crippen LogP) is 1.70. The molecule has 0 unspecified atom stereocenters. The largest absolute Gasteiger partial charge is 0.494 e. The minimum absolute atomic E-state index is 0.634. The maximum absolute atomic E-state index is 10.5. The van der Waals surface area contributed by atoms with Crippen LogP contribution in [0.1, 0.15) is 23.6 Å². The average Bonchev–Trinajstić information content (AvgIpc) is 2.22. The highest BCUT2D eigenvalue weighted by Gasteiger charge is 2.03. The summed E-state index contributed by atoms with van der Waals surface area (Å²) in [5, 5.41) is 3.75. The number of hydrogen-bond acceptors (Lipinski definition) is 3. The highest BCUT2D eigenvalue weighted by Crippen LogP contribution is 2.20. The first-order valence-electron chi connectivity index (χ1n) is 5.37. The normalized spacial score (nSPS) is 10.5. The van der Waals surface area contributed by atoms with E-state index in [0.717, 1.165) is 22.4 Å². The Bertz CT molecular complexity index is 418. The number of nitrogens with zero attached hydrogens (tertiary/aromatic N) is 1. The molecule has 0 aliphatic carbocycles. The molecule has 0 saturated heterocycles. The number of amides is 2. The van der Waals surface area contributed by atoms with E-state index < -0.39 is 6.03 Å². The lowest BCUT2D eigenvalue weighted by atomic mass is 10.0. The van der Waals surface area contributed by atoms with Gasteiger partial charge in [-0.05, 0) is 44.0 Å². The third kappa shape index (κ3) is 3.79. The predicted molar refractivity (Wildman–Crippen MR) is 67.4 cm³/mol. The number of urea groups is 1. The van der Waals surface area contributed by atoms with E-state index in [1.165, 1.54) is 0 Å². The van der Waals surface area contributed by atoms with Crippen molar-refractivity contribution in [1.82, 2.24) is 5.43 Å². The summed E-state index contributed by atoms with van der Waals surface area (Å²) in [5.41, 5.74) is 10.1. The standard InChI is InChI=1S/C12H17N3O2/c1-4-17-10-5-8(2)11(9(3)6-10)7-14-15-12(13)16/h5-7H,4H2,1-3H3,(H3,13,15,16). The van der Waals surface area contributed by atoms with Crippen molar-refractivity contribution in [2.24, 2.45) is 10.8 Å². The van der Waals surface area contributed by atoms with Gasteiger partial charge in [0.05, 0.1) is 12.8 Å². The van der Waals surface area contributed by atoms with E-state index >= 15 is 0 Å². The lowest BCUT2D eigenvalue weighted by Crippen LogP contribution is -2.24. The minimum atomic E-state index is -0.678. The molecule has 0 aliphatic rings. The number of aryl methyl sites for hydroxylation is 2. The van der Waals surface area contributed by atoms with Crippen LogP contribution in [0, 0.1) is 13.8 Å². The molecule has 0 spiro atoms. The fourth-order valence-corrected chi connectivity index (χ4v) is 1.55. The van der Waals surface area contributed by atoms with Crippen molar-refractivity contribution in [1.29, 1.82) is 0 Å². The van der Waals surface area contributed by atoms with Crippen molar-refractivity contribution >= 4 is 12.2 Å². The Labute approximate surface area is 101 Å². The summed E-state index contributed by atoms with van der Waals surface area (Å²) in [7, 11) is 0. The summed E-state index contributed by atoms with van der Waals surface area (Å²) >= 11 is 0. The Morgan fingerprint density at radius 2 is 2.06 bits per heavy atom. The van der Waals surface area contributed by atoms with E-state index in [1.54, 1.807) is 6.21 Å². The Kier molecular flexibility index (Phi) is 4.51. The number of benzene rings is 1. The van der Waals surface area contributed by atoms with Gasteiger partial charge in [0.25, 0.3) is 0 Å². The van der Waals surface area contributed by atoms with E-state index in [-0.39, 0.29) is 0 Å². The summed E-state index contributed by atoms with van der Waals surface area (Å²) < 4.78 is 5.43. The zero-order valence-corrected chi connectivity index (χ0v) is 10.3. The van der Waals surface area contributed by atoms with Gasteiger partial charge in [0.2, 0.25) is 0 Å². The van der Waals surface area contributed by atoms with Crippen LogP contribution in [0.2, 0.25) is 0 Å². The molecule has 92 valence electrons. The second-order valence-corrected chi connectivity index (χ2v) is 3.64. The Morgan fingerprint density at radius 3 is 2.53 bits per heavy atom. The van der Waals surface area contributed by atoms with Gasteiger partial charge in [0.1, 0.15) is 5.75 Å². The maximum Gasteiger partial charge on any atom is 0.332 e. The molecule has 0 saturated carbocycles. The first kappa shape index (κ1) is 13.0. The zero-order valence-electron chi connectivity index (χ0n) is 10.3. The molecule has 0 radical (unpaired) electrons. The number of nitrogens with one attached hydrogen (secondary N) is 1. The monoisotopic (exact) mass is 235 g/mol. The smallest absolute Gasteiger partial charge is 0.332 e. The van der Waals surface area contributed by atoms with Crippen LogP contribution in [0.4, 0.5) is 4.79 Å². The lowest BCUT2D eigenvalue weighted by Gasteiger charge is -2.09. The molecule has 0 atom stereocenters. The van der Waals surface area contributed by atoms with Crippen molar-refractivity contribution in [3.8, 4) is 5.75 Å². The molecule has 0 aliphatic heterocycles. The number of hydrogen-bond donors (Lipinski definition) is 2. The molecule has 1 rings (SSSR count). The van der Waals surface area contributed by atoms with E-state index in [0.29, 0.717) is 6.61 Å². The maximum atomic E-state index is 10.5. The number of ether oxygens (including phenoxy) is 1. The number of hydrazone groups is 1. The van der Waals surface area contributed by atoms with Crippen LogP contribution in [0.25, 0.3) is 0 Å². The molecule has 0 fully saturated rings. The van der Waals surface area contributed by atoms with E-state index in [2.05, 4.69) is 10.5 Å². The molecule has 17 heavy (non-hydrogen) atoms. The van der Waals surface area contributed by atoms with Gasteiger partial charge in [-0.1, -0.05) is 0 Å². The van der Waals surface area contributed by atoms with Crippen molar-refractivity contribution in [3.05, 3.63) is 28.8 Å². The van der Waals surface area contributed by atoms with Gasteiger partial charge < -0.3 is 10.5 Å². The summed E-state index contributed by atoms with van der Waals surface area (Å²) in [6.07, 6.45) is 1.57. The Morgan fingerprint density at radius 1 is 1.47 bits per heavy atom. The first-order chi connectivity index (χ1) is 8.04. The third-order valence-electron chi connectivity index (χ3n) is 2.25. The summed E-state index contributed by atoms with van der Waals surface area (Å²) in [4.78, 5) is 10.5. The molecule has 0 bridgehead atoms. The van der Waals surface area contributed by atoms with E-state index in [9.17, 15) is 4.79 Å². The van der Waals surface area contributed by atoms with Crippen molar-refractivity contribution in [2.75, 3.05) is 6.61 Å². The van der Waals surface area contributed by atoms with E-state index in [1.807, 2.05) is 32.9 Å². The molecule has 0 heterocycles. The van der Waals surface area contributed by atoms with Crippen LogP contribution in [0.5, 0.6) is 5.75 Å². The highest BCUT2D eigenvalue weighted by atomic mass is 16.5. The van der Waals surface area contributed by atoms with Crippen LogP contribution >= 0.6 is 0 Å². The van der Waals surface area contributed by atoms with Gasteiger partial charge in [-0.15, -0.1) is 0 Å². The van der Waals surface area contributed by atoms with Crippen LogP contribution in [0.3, 0.4) is 0 Å². The van der Waals surface area contributed by atoms with Crippen molar-refractivity contribution < 1.29 is 9.53 Å². The molecule has 0 aromatic heterocycles. The van der Waals surface area contributed by atoms with Crippen LogP contribution in [-0.4, -0.2) is 18.9 Å². The number of rotatable bonds is 4. The number of primary amides is 1. The second kappa shape index (κ2) is 5.89. The van der Waals surface area contributed by atoms with Crippen molar-refractivity contribution in [2.45, 2.75) is 20.8 Å². The average molecular weight is 235 g/mol. The van der Waals surface area contributed by atoms with Gasteiger partial charge >= 0.3 is 6.03 Å². The van der Waals surface area contributed by atoms with Gasteiger partial charge in [-0.2, -0.15) is 5.10 Å². The minimum Gasteiger partial charge on any atom is -0.494 e. The van der Waals surface area contributed by atoms with Crippen LogP contribution < -0.4 is 15.9 Å². The first-order valence-corrected chi connectivity index (χ1v) is 5.37. The van der Waals surface area contributed by atoms with Crippen LogP contribution in [0.15, 0.2) is 17.2 Å². The Balaban J connectivity index is 2.93. The number of carbonyl (C=O) groups excluding carboxylic acids is 1. The quantitative estimate of drug-likeness (QED) is 0.615. The molecular formula is C12H17N3O2. The van der Waals surface area contributed by atoms with Gasteiger partial charge in [-0.25, -0.2) is 10.2 Å². The molecule has 3 N–H and O–H groups in total. The lowest BCUT2D eigenvalue weighted by molar-refractivity contribution is 0.249. The van der Waals surface area contributed by atoms with Crippen molar-refractivity contribution in [3.63, 3.8) is 0 Å². The second-order valence-electron chi connectivity index (χ2n) is 3.64.